The third-order valence-electron chi connectivity index (χ3n) is 2.96. The highest BCUT2D eigenvalue weighted by Gasteiger charge is 2.34. The lowest BCUT2D eigenvalue weighted by Crippen LogP contribution is -2.50. The van der Waals surface area contributed by atoms with Crippen molar-refractivity contribution in [1.82, 2.24) is 10.2 Å². The Kier molecular flexibility index (Phi) is 4.00. The van der Waals surface area contributed by atoms with Gasteiger partial charge in [-0.2, -0.15) is 13.2 Å². The van der Waals surface area contributed by atoms with E-state index in [0.717, 1.165) is 19.4 Å². The molecule has 1 atom stereocenters. The molecule has 1 fully saturated rings. The van der Waals surface area contributed by atoms with E-state index in [9.17, 15) is 13.2 Å². The van der Waals surface area contributed by atoms with E-state index in [1.165, 1.54) is 4.90 Å². The maximum absolute atomic E-state index is 12.3. The topological polar surface area (TPSA) is 15.3 Å². The zero-order chi connectivity index (χ0) is 11.5. The number of hydrogen-bond donors (Lipinski definition) is 1. The molecule has 0 spiro atoms. The summed E-state index contributed by atoms with van der Waals surface area (Å²) in [5.74, 6) is 0. The van der Waals surface area contributed by atoms with E-state index in [1.807, 2.05) is 13.8 Å². The Morgan fingerprint density at radius 3 is 2.60 bits per heavy atom. The average Bonchev–Trinajstić information content (AvgIpc) is 2.26. The first-order chi connectivity index (χ1) is 6.85. The summed E-state index contributed by atoms with van der Waals surface area (Å²) in [7, 11) is 0. The second kappa shape index (κ2) is 4.70. The van der Waals surface area contributed by atoms with E-state index in [0.29, 0.717) is 13.1 Å². The Bertz CT molecular complexity index is 205. The summed E-state index contributed by atoms with van der Waals surface area (Å²) >= 11 is 0. The van der Waals surface area contributed by atoms with Crippen molar-refractivity contribution < 1.29 is 13.2 Å². The number of rotatable bonds is 2. The number of nitrogens with one attached hydrogen (secondary N) is 1. The Morgan fingerprint density at radius 2 is 2.07 bits per heavy atom. The smallest absolute Gasteiger partial charge is 0.310 e. The molecule has 1 unspecified atom stereocenters. The lowest BCUT2D eigenvalue weighted by molar-refractivity contribution is -0.147. The van der Waals surface area contributed by atoms with Crippen molar-refractivity contribution >= 4 is 0 Å². The summed E-state index contributed by atoms with van der Waals surface area (Å²) in [6.07, 6.45) is -2.45. The van der Waals surface area contributed by atoms with Gasteiger partial charge >= 0.3 is 6.18 Å². The zero-order valence-electron chi connectivity index (χ0n) is 9.32. The SMILES string of the molecule is CCC1(C)CN(CC(F)(F)F)CCCN1. The minimum atomic E-state index is -4.08. The predicted octanol–water partition coefficient (Wildman–Crippen LogP) is 2.01. The van der Waals surface area contributed by atoms with E-state index >= 15 is 0 Å². The van der Waals surface area contributed by atoms with Crippen molar-refractivity contribution in [2.24, 2.45) is 0 Å². The summed E-state index contributed by atoms with van der Waals surface area (Å²) in [5.41, 5.74) is -0.179. The van der Waals surface area contributed by atoms with Gasteiger partial charge in [-0.25, -0.2) is 0 Å². The molecule has 1 saturated heterocycles. The molecule has 90 valence electrons. The third kappa shape index (κ3) is 4.38. The summed E-state index contributed by atoms with van der Waals surface area (Å²) < 4.78 is 36.8. The van der Waals surface area contributed by atoms with Gasteiger partial charge in [0.15, 0.2) is 0 Å². The Balaban J connectivity index is 2.57. The maximum atomic E-state index is 12.3. The summed E-state index contributed by atoms with van der Waals surface area (Å²) in [4.78, 5) is 1.50. The molecule has 2 nitrogen and oxygen atoms in total. The van der Waals surface area contributed by atoms with Gasteiger partial charge in [-0.1, -0.05) is 6.92 Å². The van der Waals surface area contributed by atoms with Gasteiger partial charge in [-0.15, -0.1) is 0 Å². The van der Waals surface area contributed by atoms with Crippen LogP contribution in [0.15, 0.2) is 0 Å². The zero-order valence-corrected chi connectivity index (χ0v) is 9.32. The highest BCUT2D eigenvalue weighted by atomic mass is 19.4. The van der Waals surface area contributed by atoms with E-state index in [4.69, 9.17) is 0 Å². The van der Waals surface area contributed by atoms with Crippen molar-refractivity contribution in [3.05, 3.63) is 0 Å². The molecular weight excluding hydrogens is 205 g/mol. The fraction of sp³-hybridized carbons (Fsp3) is 1.00. The summed E-state index contributed by atoms with van der Waals surface area (Å²) in [5, 5.41) is 3.31. The molecule has 15 heavy (non-hydrogen) atoms. The highest BCUT2D eigenvalue weighted by Crippen LogP contribution is 2.21. The van der Waals surface area contributed by atoms with Crippen molar-refractivity contribution in [1.29, 1.82) is 0 Å². The van der Waals surface area contributed by atoms with Crippen LogP contribution in [0, 0.1) is 0 Å². The van der Waals surface area contributed by atoms with Crippen LogP contribution in [-0.4, -0.2) is 42.8 Å². The van der Waals surface area contributed by atoms with Gasteiger partial charge in [0.25, 0.3) is 0 Å². The van der Waals surface area contributed by atoms with Crippen molar-refractivity contribution in [3.63, 3.8) is 0 Å². The van der Waals surface area contributed by atoms with Crippen LogP contribution in [0.4, 0.5) is 13.2 Å². The Morgan fingerprint density at radius 1 is 1.40 bits per heavy atom. The number of hydrogen-bond acceptors (Lipinski definition) is 2. The van der Waals surface area contributed by atoms with Crippen LogP contribution in [0.5, 0.6) is 0 Å². The molecule has 0 aromatic rings. The fourth-order valence-electron chi connectivity index (χ4n) is 1.95. The molecule has 0 amide bonds. The molecule has 5 heteroatoms. The van der Waals surface area contributed by atoms with Crippen LogP contribution < -0.4 is 5.32 Å². The molecule has 1 heterocycles. The molecular formula is C10H19F3N2. The highest BCUT2D eigenvalue weighted by molar-refractivity contribution is 4.88. The minimum absolute atomic E-state index is 0.179. The molecule has 0 radical (unpaired) electrons. The van der Waals surface area contributed by atoms with Crippen LogP contribution in [0.2, 0.25) is 0 Å². The molecule has 0 aromatic heterocycles. The van der Waals surface area contributed by atoms with Gasteiger partial charge in [0.2, 0.25) is 0 Å². The first-order valence-corrected chi connectivity index (χ1v) is 5.39. The first-order valence-electron chi connectivity index (χ1n) is 5.39. The van der Waals surface area contributed by atoms with Gasteiger partial charge in [0, 0.05) is 12.1 Å². The van der Waals surface area contributed by atoms with Crippen molar-refractivity contribution in [2.45, 2.75) is 38.4 Å². The van der Waals surface area contributed by atoms with Gasteiger partial charge in [0.1, 0.15) is 0 Å². The largest absolute Gasteiger partial charge is 0.401 e. The van der Waals surface area contributed by atoms with Gasteiger partial charge in [0.05, 0.1) is 6.54 Å². The van der Waals surface area contributed by atoms with Crippen LogP contribution >= 0.6 is 0 Å². The maximum Gasteiger partial charge on any atom is 0.401 e. The standard InChI is InChI=1S/C10H19F3N2/c1-3-9(2)7-15(6-4-5-14-9)8-10(11,12)13/h14H,3-8H2,1-2H3. The number of halogens is 3. The van der Waals surface area contributed by atoms with E-state index in [-0.39, 0.29) is 5.54 Å². The molecule has 0 saturated carbocycles. The monoisotopic (exact) mass is 224 g/mol. The molecule has 0 bridgehead atoms. The van der Waals surface area contributed by atoms with E-state index in [2.05, 4.69) is 5.32 Å². The Hall–Kier alpha value is -0.290. The van der Waals surface area contributed by atoms with Crippen LogP contribution in [0.1, 0.15) is 26.7 Å². The molecule has 0 aromatic carbocycles. The van der Waals surface area contributed by atoms with Gasteiger partial charge in [-0.05, 0) is 32.9 Å². The van der Waals surface area contributed by atoms with E-state index < -0.39 is 12.7 Å². The second-order valence-electron chi connectivity index (χ2n) is 4.52. The molecule has 1 rings (SSSR count). The second-order valence-corrected chi connectivity index (χ2v) is 4.52. The average molecular weight is 224 g/mol. The van der Waals surface area contributed by atoms with Gasteiger partial charge < -0.3 is 5.32 Å². The Labute approximate surface area is 88.8 Å². The third-order valence-corrected chi connectivity index (χ3v) is 2.96. The first kappa shape index (κ1) is 12.8. The predicted molar refractivity (Wildman–Crippen MR) is 53.8 cm³/mol. The van der Waals surface area contributed by atoms with Crippen molar-refractivity contribution in [3.8, 4) is 0 Å². The van der Waals surface area contributed by atoms with Crippen LogP contribution in [0.25, 0.3) is 0 Å². The van der Waals surface area contributed by atoms with Crippen molar-refractivity contribution in [2.75, 3.05) is 26.2 Å². The quantitative estimate of drug-likeness (QED) is 0.772. The number of alkyl halides is 3. The number of nitrogens with zero attached hydrogens (tertiary/aromatic N) is 1. The summed E-state index contributed by atoms with van der Waals surface area (Å²) in [6, 6.07) is 0. The molecule has 1 aliphatic rings. The lowest BCUT2D eigenvalue weighted by atomic mass is 9.99. The van der Waals surface area contributed by atoms with E-state index in [1.54, 1.807) is 0 Å². The fourth-order valence-corrected chi connectivity index (χ4v) is 1.95. The molecule has 0 aliphatic carbocycles. The minimum Gasteiger partial charge on any atom is -0.310 e. The van der Waals surface area contributed by atoms with Crippen LogP contribution in [0.3, 0.4) is 0 Å². The lowest BCUT2D eigenvalue weighted by Gasteiger charge is -2.32. The van der Waals surface area contributed by atoms with Gasteiger partial charge in [-0.3, -0.25) is 4.90 Å². The normalized spacial score (nSPS) is 30.2. The summed E-state index contributed by atoms with van der Waals surface area (Å²) in [6.45, 7) is 5.01. The van der Waals surface area contributed by atoms with Crippen LogP contribution in [-0.2, 0) is 0 Å². The molecule has 1 aliphatic heterocycles. The molecule has 1 N–H and O–H groups in total.